The number of carbonyl (C=O) groups is 2. The first-order valence-electron chi connectivity index (χ1n) is 9.35. The van der Waals surface area contributed by atoms with Gasteiger partial charge in [-0.1, -0.05) is 29.3 Å². The van der Waals surface area contributed by atoms with Crippen LogP contribution in [0.4, 0.5) is 10.1 Å². The Morgan fingerprint density at radius 1 is 1.16 bits per heavy atom. The average molecular weight is 527 g/mol. The number of benzene rings is 2. The summed E-state index contributed by atoms with van der Waals surface area (Å²) >= 11 is 30.4. The fourth-order valence-electron chi connectivity index (χ4n) is 3.36. The Morgan fingerprint density at radius 3 is 2.52 bits per heavy atom. The first-order chi connectivity index (χ1) is 14.6. The SMILES string of the molecule is Cc1cc(NC(=O)C2C(c3ccc(F)c(Cl)c3)C2(Cl)Cl)cc(C(=O)NCCCCl)c1Cl. The van der Waals surface area contributed by atoms with Crippen LogP contribution in [0, 0.1) is 18.7 Å². The van der Waals surface area contributed by atoms with Crippen LogP contribution in [0.1, 0.15) is 33.8 Å². The minimum Gasteiger partial charge on any atom is -0.352 e. The summed E-state index contributed by atoms with van der Waals surface area (Å²) in [5.74, 6) is -2.30. The first-order valence-corrected chi connectivity index (χ1v) is 11.4. The maximum Gasteiger partial charge on any atom is 0.252 e. The highest BCUT2D eigenvalue weighted by molar-refractivity contribution is 6.53. The molecule has 0 saturated heterocycles. The molecule has 1 aliphatic rings. The molecule has 10 heteroatoms. The Kier molecular flexibility index (Phi) is 7.65. The topological polar surface area (TPSA) is 58.2 Å². The van der Waals surface area contributed by atoms with Crippen LogP contribution < -0.4 is 10.6 Å². The number of carbonyl (C=O) groups excluding carboxylic acids is 2. The minimum atomic E-state index is -1.37. The zero-order valence-electron chi connectivity index (χ0n) is 16.2. The molecule has 2 N–H and O–H groups in total. The van der Waals surface area contributed by atoms with Gasteiger partial charge in [-0.2, -0.15) is 0 Å². The molecule has 0 heterocycles. The molecule has 166 valence electrons. The number of amides is 2. The van der Waals surface area contributed by atoms with Gasteiger partial charge in [-0.15, -0.1) is 34.8 Å². The molecule has 4 nitrogen and oxygen atoms in total. The van der Waals surface area contributed by atoms with E-state index in [-0.39, 0.29) is 21.5 Å². The van der Waals surface area contributed by atoms with E-state index in [0.717, 1.165) is 0 Å². The fourth-order valence-corrected chi connectivity index (χ4v) is 4.71. The van der Waals surface area contributed by atoms with E-state index < -0.39 is 27.9 Å². The molecule has 0 aromatic heterocycles. The number of aryl methyl sites for hydroxylation is 1. The largest absolute Gasteiger partial charge is 0.352 e. The number of nitrogens with one attached hydrogen (secondary N) is 2. The number of hydrogen-bond acceptors (Lipinski definition) is 2. The molecule has 2 amide bonds. The summed E-state index contributed by atoms with van der Waals surface area (Å²) in [5.41, 5.74) is 1.78. The molecule has 1 saturated carbocycles. The molecule has 2 unspecified atom stereocenters. The summed E-state index contributed by atoms with van der Waals surface area (Å²) in [6.45, 7) is 2.13. The predicted octanol–water partition coefficient (Wildman–Crippen LogP) is 6.33. The van der Waals surface area contributed by atoms with Gasteiger partial charge in [0.25, 0.3) is 5.91 Å². The standard InChI is InChI=1S/C21H18Cl5FN2O2/c1-10-7-12(9-13(18(10)24)19(30)28-6-2-5-22)29-20(31)17-16(21(17,25)26)11-3-4-15(27)14(23)8-11/h3-4,7-9,16-17H,2,5-6H2,1H3,(H,28,30)(H,29,31). The third kappa shape index (κ3) is 5.23. The maximum absolute atomic E-state index is 13.5. The highest BCUT2D eigenvalue weighted by Crippen LogP contribution is 2.65. The fraction of sp³-hybridized carbons (Fsp3) is 0.333. The summed E-state index contributed by atoms with van der Waals surface area (Å²) < 4.78 is 12.1. The Balaban J connectivity index is 1.78. The van der Waals surface area contributed by atoms with E-state index in [9.17, 15) is 14.0 Å². The van der Waals surface area contributed by atoms with Crippen molar-refractivity contribution >= 4 is 75.5 Å². The molecule has 3 rings (SSSR count). The Bertz CT molecular complexity index is 1030. The van der Waals surface area contributed by atoms with Crippen LogP contribution in [0.5, 0.6) is 0 Å². The molecule has 2 aromatic carbocycles. The van der Waals surface area contributed by atoms with Crippen molar-refractivity contribution in [1.82, 2.24) is 5.32 Å². The zero-order valence-corrected chi connectivity index (χ0v) is 20.0. The van der Waals surface area contributed by atoms with Gasteiger partial charge in [0.15, 0.2) is 0 Å². The lowest BCUT2D eigenvalue weighted by Gasteiger charge is -2.12. The summed E-state index contributed by atoms with van der Waals surface area (Å²) in [7, 11) is 0. The van der Waals surface area contributed by atoms with E-state index >= 15 is 0 Å². The first kappa shape index (κ1) is 24.4. The van der Waals surface area contributed by atoms with Gasteiger partial charge < -0.3 is 10.6 Å². The van der Waals surface area contributed by atoms with Gasteiger partial charge in [0.2, 0.25) is 5.91 Å². The minimum absolute atomic E-state index is 0.0779. The molecular formula is C21H18Cl5FN2O2. The van der Waals surface area contributed by atoms with Gasteiger partial charge in [-0.05, 0) is 48.7 Å². The van der Waals surface area contributed by atoms with E-state index in [4.69, 9.17) is 58.0 Å². The smallest absolute Gasteiger partial charge is 0.252 e. The molecule has 0 aliphatic heterocycles. The number of halogens is 6. The molecule has 2 aromatic rings. The van der Waals surface area contributed by atoms with Gasteiger partial charge in [-0.25, -0.2) is 4.39 Å². The van der Waals surface area contributed by atoms with E-state index in [0.29, 0.717) is 35.7 Å². The zero-order chi connectivity index (χ0) is 22.9. The van der Waals surface area contributed by atoms with Crippen molar-refractivity contribution in [3.63, 3.8) is 0 Å². The molecule has 0 bridgehead atoms. The van der Waals surface area contributed by atoms with Crippen LogP contribution in [0.15, 0.2) is 30.3 Å². The van der Waals surface area contributed by atoms with Crippen LogP contribution in [-0.4, -0.2) is 28.6 Å². The van der Waals surface area contributed by atoms with Crippen molar-refractivity contribution < 1.29 is 14.0 Å². The average Bonchev–Trinajstić information content (AvgIpc) is 3.28. The second-order valence-corrected chi connectivity index (χ2v) is 9.85. The monoisotopic (exact) mass is 524 g/mol. The van der Waals surface area contributed by atoms with Gasteiger partial charge in [0.05, 0.1) is 21.5 Å². The lowest BCUT2D eigenvalue weighted by Crippen LogP contribution is -2.25. The maximum atomic E-state index is 13.5. The van der Waals surface area contributed by atoms with Crippen LogP contribution >= 0.6 is 58.0 Å². The Labute approximate surface area is 204 Å². The predicted molar refractivity (Wildman–Crippen MR) is 125 cm³/mol. The third-order valence-electron chi connectivity index (χ3n) is 5.00. The molecule has 1 fully saturated rings. The van der Waals surface area contributed by atoms with E-state index in [2.05, 4.69) is 10.6 Å². The van der Waals surface area contributed by atoms with Crippen LogP contribution in [0.3, 0.4) is 0 Å². The normalized spacial score (nSPS) is 19.1. The molecule has 31 heavy (non-hydrogen) atoms. The Hall–Kier alpha value is -1.24. The van der Waals surface area contributed by atoms with Crippen LogP contribution in [0.2, 0.25) is 10.0 Å². The van der Waals surface area contributed by atoms with E-state index in [1.807, 2.05) is 0 Å². The van der Waals surface area contributed by atoms with Gasteiger partial charge in [0, 0.05) is 24.0 Å². The van der Waals surface area contributed by atoms with Gasteiger partial charge >= 0.3 is 0 Å². The molecular weight excluding hydrogens is 509 g/mol. The van der Waals surface area contributed by atoms with Crippen molar-refractivity contribution in [2.45, 2.75) is 23.6 Å². The molecule has 0 radical (unpaired) electrons. The summed E-state index contributed by atoms with van der Waals surface area (Å²) in [6.07, 6.45) is 0.615. The van der Waals surface area contributed by atoms with Crippen LogP contribution in [0.25, 0.3) is 0 Å². The molecule has 1 aliphatic carbocycles. The lowest BCUT2D eigenvalue weighted by atomic mass is 10.1. The highest BCUT2D eigenvalue weighted by atomic mass is 35.5. The Morgan fingerprint density at radius 2 is 1.87 bits per heavy atom. The number of rotatable bonds is 7. The highest BCUT2D eigenvalue weighted by Gasteiger charge is 2.67. The van der Waals surface area contributed by atoms with Crippen molar-refractivity contribution in [2.24, 2.45) is 5.92 Å². The second kappa shape index (κ2) is 9.72. The van der Waals surface area contributed by atoms with Crippen molar-refractivity contribution in [3.05, 3.63) is 62.9 Å². The summed E-state index contributed by atoms with van der Waals surface area (Å²) in [6, 6.07) is 7.23. The number of alkyl halides is 3. The van der Waals surface area contributed by atoms with Crippen molar-refractivity contribution in [1.29, 1.82) is 0 Å². The third-order valence-corrected chi connectivity index (χ3v) is 7.00. The van der Waals surface area contributed by atoms with E-state index in [1.165, 1.54) is 24.3 Å². The number of hydrogen-bond donors (Lipinski definition) is 2. The van der Waals surface area contributed by atoms with Crippen molar-refractivity contribution in [2.75, 3.05) is 17.7 Å². The summed E-state index contributed by atoms with van der Waals surface area (Å²) in [4.78, 5) is 25.3. The quantitative estimate of drug-likeness (QED) is 0.327. The van der Waals surface area contributed by atoms with Gasteiger partial charge in [-0.3, -0.25) is 9.59 Å². The summed E-state index contributed by atoms with van der Waals surface area (Å²) in [5, 5.41) is 5.68. The molecule has 0 spiro atoms. The molecule has 2 atom stereocenters. The second-order valence-electron chi connectivity index (χ2n) is 7.25. The van der Waals surface area contributed by atoms with E-state index in [1.54, 1.807) is 13.0 Å². The lowest BCUT2D eigenvalue weighted by molar-refractivity contribution is -0.117. The van der Waals surface area contributed by atoms with Gasteiger partial charge in [0.1, 0.15) is 10.2 Å². The van der Waals surface area contributed by atoms with Crippen molar-refractivity contribution in [3.8, 4) is 0 Å². The van der Waals surface area contributed by atoms with Crippen LogP contribution in [-0.2, 0) is 4.79 Å². The number of anilines is 1.